The number of amides is 1. The van der Waals surface area contributed by atoms with E-state index in [1.165, 1.54) is 11.1 Å². The molecule has 1 aromatic heterocycles. The summed E-state index contributed by atoms with van der Waals surface area (Å²) < 4.78 is 0. The number of benzene rings is 2. The van der Waals surface area contributed by atoms with Crippen LogP contribution in [0.2, 0.25) is 0 Å². The lowest BCUT2D eigenvalue weighted by atomic mass is 9.96. The normalized spacial score (nSPS) is 21.3. The van der Waals surface area contributed by atoms with Crippen LogP contribution in [0.1, 0.15) is 28.1 Å². The highest BCUT2D eigenvalue weighted by Crippen LogP contribution is 2.32. The molecule has 2 fully saturated rings. The Bertz CT molecular complexity index is 1020. The number of rotatable bonds is 8. The van der Waals surface area contributed by atoms with E-state index >= 15 is 0 Å². The first-order chi connectivity index (χ1) is 17.3. The number of piperazine rings is 1. The predicted octanol–water partition coefficient (Wildman–Crippen LogP) is 3.31. The lowest BCUT2D eigenvalue weighted by Crippen LogP contribution is -2.50. The molecule has 7 heteroatoms. The van der Waals surface area contributed by atoms with Gasteiger partial charge in [-0.25, -0.2) is 0 Å². The van der Waals surface area contributed by atoms with Crippen molar-refractivity contribution in [2.45, 2.75) is 17.5 Å². The van der Waals surface area contributed by atoms with Crippen molar-refractivity contribution in [3.8, 4) is 0 Å². The summed E-state index contributed by atoms with van der Waals surface area (Å²) in [6.07, 6.45) is 3.64. The van der Waals surface area contributed by atoms with Gasteiger partial charge in [0.1, 0.15) is 0 Å². The number of carbonyl (C=O) groups excluding carboxylic acids is 1. The molecule has 2 unspecified atom stereocenters. The number of hydrogen-bond donors (Lipinski definition) is 2. The minimum atomic E-state index is -0.153. The highest BCUT2D eigenvalue weighted by Gasteiger charge is 2.31. The van der Waals surface area contributed by atoms with Crippen LogP contribution in [0.3, 0.4) is 0 Å². The standard InChI is InChI=1S/C28H33N5OS/c34-27(25-21-35-28(31-25)24-12-7-13-29-20-24)30-14-15-32-16-18-33(19-17-32)26(22-8-3-1-4-9-22)23-10-5-2-6-11-23/h1-13,20,25-26,28,31H,14-19,21H2,(H,30,34). The van der Waals surface area contributed by atoms with Crippen molar-refractivity contribution >= 4 is 17.7 Å². The molecule has 2 N–H and O–H groups in total. The first-order valence-corrected chi connectivity index (χ1v) is 13.4. The van der Waals surface area contributed by atoms with Crippen molar-refractivity contribution in [1.82, 2.24) is 25.4 Å². The molecule has 35 heavy (non-hydrogen) atoms. The van der Waals surface area contributed by atoms with Gasteiger partial charge in [-0.2, -0.15) is 0 Å². The van der Waals surface area contributed by atoms with Gasteiger partial charge >= 0.3 is 0 Å². The van der Waals surface area contributed by atoms with Crippen molar-refractivity contribution in [2.24, 2.45) is 0 Å². The largest absolute Gasteiger partial charge is 0.353 e. The molecule has 0 bridgehead atoms. The maximum atomic E-state index is 12.7. The molecule has 0 aliphatic carbocycles. The van der Waals surface area contributed by atoms with E-state index in [0.29, 0.717) is 6.54 Å². The molecule has 1 amide bonds. The van der Waals surface area contributed by atoms with Gasteiger partial charge in [0.25, 0.3) is 0 Å². The SMILES string of the molecule is O=C(NCCN1CCN(C(c2ccccc2)c2ccccc2)CC1)C1CSC(c2cccnc2)N1. The topological polar surface area (TPSA) is 60.5 Å². The third kappa shape index (κ3) is 6.11. The smallest absolute Gasteiger partial charge is 0.238 e. The minimum Gasteiger partial charge on any atom is -0.353 e. The Morgan fingerprint density at radius 3 is 2.29 bits per heavy atom. The van der Waals surface area contributed by atoms with E-state index in [1.54, 1.807) is 18.0 Å². The van der Waals surface area contributed by atoms with Gasteiger partial charge in [-0.3, -0.25) is 24.9 Å². The number of thioether (sulfide) groups is 1. The molecule has 0 saturated carbocycles. The van der Waals surface area contributed by atoms with Gasteiger partial charge in [0.05, 0.1) is 17.5 Å². The number of nitrogens with zero attached hydrogens (tertiary/aromatic N) is 3. The van der Waals surface area contributed by atoms with Gasteiger partial charge in [0.2, 0.25) is 5.91 Å². The molecular weight excluding hydrogens is 454 g/mol. The molecule has 182 valence electrons. The average molecular weight is 488 g/mol. The average Bonchev–Trinajstić information content (AvgIpc) is 3.42. The number of aromatic nitrogens is 1. The summed E-state index contributed by atoms with van der Waals surface area (Å²) in [7, 11) is 0. The Labute approximate surface area is 212 Å². The number of nitrogens with one attached hydrogen (secondary N) is 2. The van der Waals surface area contributed by atoms with E-state index in [-0.39, 0.29) is 23.4 Å². The quantitative estimate of drug-likeness (QED) is 0.509. The van der Waals surface area contributed by atoms with Crippen LogP contribution < -0.4 is 10.6 Å². The van der Waals surface area contributed by atoms with E-state index in [9.17, 15) is 4.79 Å². The second-order valence-corrected chi connectivity index (χ2v) is 10.2. The minimum absolute atomic E-state index is 0.0933. The van der Waals surface area contributed by atoms with Crippen LogP contribution in [-0.2, 0) is 4.79 Å². The number of hydrogen-bond acceptors (Lipinski definition) is 6. The Morgan fingerprint density at radius 2 is 1.66 bits per heavy atom. The second kappa shape index (κ2) is 11.8. The molecule has 0 spiro atoms. The Balaban J connectivity index is 1.09. The van der Waals surface area contributed by atoms with Gasteiger partial charge in [-0.05, 0) is 22.8 Å². The van der Waals surface area contributed by atoms with E-state index in [1.807, 2.05) is 12.3 Å². The molecule has 3 aromatic rings. The second-order valence-electron chi connectivity index (χ2n) is 9.11. The first kappa shape index (κ1) is 24.0. The maximum absolute atomic E-state index is 12.7. The summed E-state index contributed by atoms with van der Waals surface area (Å²) in [5, 5.41) is 6.71. The molecule has 0 radical (unpaired) electrons. The summed E-state index contributed by atoms with van der Waals surface area (Å²) >= 11 is 1.76. The van der Waals surface area contributed by atoms with Gasteiger partial charge in [-0.15, -0.1) is 11.8 Å². The fraction of sp³-hybridized carbons (Fsp3) is 0.357. The molecule has 6 nitrogen and oxygen atoms in total. The summed E-state index contributed by atoms with van der Waals surface area (Å²) in [5.41, 5.74) is 3.80. The number of pyridine rings is 1. The van der Waals surface area contributed by atoms with Gasteiger partial charge in [0, 0.05) is 57.4 Å². The van der Waals surface area contributed by atoms with Crippen molar-refractivity contribution in [2.75, 3.05) is 45.0 Å². The van der Waals surface area contributed by atoms with Gasteiger partial charge in [-0.1, -0.05) is 66.7 Å². The van der Waals surface area contributed by atoms with Crippen LogP contribution in [0.25, 0.3) is 0 Å². The summed E-state index contributed by atoms with van der Waals surface area (Å²) in [6, 6.07) is 25.7. The summed E-state index contributed by atoms with van der Waals surface area (Å²) in [5.74, 6) is 0.875. The van der Waals surface area contributed by atoms with Crippen LogP contribution in [-0.4, -0.2) is 71.8 Å². The van der Waals surface area contributed by atoms with Crippen LogP contribution in [0.4, 0.5) is 0 Å². The van der Waals surface area contributed by atoms with Crippen molar-refractivity contribution in [3.05, 3.63) is 102 Å². The van der Waals surface area contributed by atoms with Crippen molar-refractivity contribution < 1.29 is 4.79 Å². The highest BCUT2D eigenvalue weighted by molar-refractivity contribution is 7.99. The predicted molar refractivity (Wildman–Crippen MR) is 142 cm³/mol. The van der Waals surface area contributed by atoms with Gasteiger partial charge < -0.3 is 5.32 Å². The molecule has 2 aliphatic rings. The Morgan fingerprint density at radius 1 is 0.971 bits per heavy atom. The van der Waals surface area contributed by atoms with Gasteiger partial charge in [0.15, 0.2) is 0 Å². The first-order valence-electron chi connectivity index (χ1n) is 12.4. The number of carbonyl (C=O) groups is 1. The zero-order valence-electron chi connectivity index (χ0n) is 19.9. The third-order valence-electron chi connectivity index (χ3n) is 6.82. The fourth-order valence-electron chi connectivity index (χ4n) is 4.94. The summed E-state index contributed by atoms with van der Waals surface area (Å²) in [6.45, 7) is 5.60. The Kier molecular flexibility index (Phi) is 8.10. The lowest BCUT2D eigenvalue weighted by molar-refractivity contribution is -0.122. The third-order valence-corrected chi connectivity index (χ3v) is 8.08. The van der Waals surface area contributed by atoms with E-state index in [4.69, 9.17) is 0 Å². The fourth-order valence-corrected chi connectivity index (χ4v) is 6.16. The van der Waals surface area contributed by atoms with E-state index < -0.39 is 0 Å². The zero-order valence-corrected chi connectivity index (χ0v) is 20.7. The Hall–Kier alpha value is -2.71. The van der Waals surface area contributed by atoms with Crippen molar-refractivity contribution in [1.29, 1.82) is 0 Å². The molecule has 2 aromatic carbocycles. The molecule has 2 atom stereocenters. The summed E-state index contributed by atoms with van der Waals surface area (Å²) in [4.78, 5) is 21.9. The molecule has 2 aliphatic heterocycles. The maximum Gasteiger partial charge on any atom is 0.238 e. The van der Waals surface area contributed by atoms with E-state index in [0.717, 1.165) is 44.0 Å². The van der Waals surface area contributed by atoms with Crippen LogP contribution in [0.5, 0.6) is 0 Å². The van der Waals surface area contributed by atoms with Crippen LogP contribution in [0.15, 0.2) is 85.2 Å². The van der Waals surface area contributed by atoms with Crippen LogP contribution in [0, 0.1) is 0 Å². The molecule has 5 rings (SSSR count). The van der Waals surface area contributed by atoms with Crippen LogP contribution >= 0.6 is 11.8 Å². The monoisotopic (exact) mass is 487 g/mol. The molecule has 2 saturated heterocycles. The zero-order chi connectivity index (χ0) is 23.9. The van der Waals surface area contributed by atoms with Crippen molar-refractivity contribution in [3.63, 3.8) is 0 Å². The molecular formula is C28H33N5OS. The van der Waals surface area contributed by atoms with E-state index in [2.05, 4.69) is 92.1 Å². The highest BCUT2D eigenvalue weighted by atomic mass is 32.2. The lowest BCUT2D eigenvalue weighted by Gasteiger charge is -2.39. The molecule has 3 heterocycles.